The van der Waals surface area contributed by atoms with Gasteiger partial charge >= 0.3 is 5.97 Å². The first-order chi connectivity index (χ1) is 11.5. The molecular formula is C19H28O5. The van der Waals surface area contributed by atoms with Crippen LogP contribution < -0.4 is 0 Å². The number of esters is 1. The second-order valence-electron chi connectivity index (χ2n) is 6.40. The lowest BCUT2D eigenvalue weighted by atomic mass is 9.87. The fourth-order valence-corrected chi connectivity index (χ4v) is 3.08. The van der Waals surface area contributed by atoms with Gasteiger partial charge in [0.25, 0.3) is 0 Å². The van der Waals surface area contributed by atoms with Crippen molar-refractivity contribution < 1.29 is 24.1 Å². The molecule has 0 amide bonds. The predicted molar refractivity (Wildman–Crippen MR) is 90.4 cm³/mol. The molecule has 1 saturated heterocycles. The molecule has 0 bridgehead atoms. The molecule has 0 spiro atoms. The molecule has 0 radical (unpaired) electrons. The van der Waals surface area contributed by atoms with E-state index in [4.69, 9.17) is 14.2 Å². The average molecular weight is 336 g/mol. The van der Waals surface area contributed by atoms with Crippen molar-refractivity contribution in [2.75, 3.05) is 6.61 Å². The molecule has 1 aromatic rings. The molecule has 24 heavy (non-hydrogen) atoms. The number of carbonyl (C=O) groups excluding carboxylic acids is 1. The van der Waals surface area contributed by atoms with E-state index in [9.17, 15) is 9.90 Å². The highest BCUT2D eigenvalue weighted by Crippen LogP contribution is 2.30. The Balaban J connectivity index is 1.91. The molecule has 1 aromatic carbocycles. The Morgan fingerprint density at radius 2 is 2.08 bits per heavy atom. The summed E-state index contributed by atoms with van der Waals surface area (Å²) in [5.74, 6) is -0.338. The van der Waals surface area contributed by atoms with Crippen molar-refractivity contribution in [2.24, 2.45) is 5.92 Å². The maximum atomic E-state index is 11.7. The van der Waals surface area contributed by atoms with Crippen LogP contribution in [0.25, 0.3) is 0 Å². The molecule has 0 saturated carbocycles. The van der Waals surface area contributed by atoms with Crippen LogP contribution in [0.1, 0.15) is 39.2 Å². The molecule has 5 nitrogen and oxygen atoms in total. The Bertz CT molecular complexity index is 504. The number of aliphatic hydroxyl groups is 1. The van der Waals surface area contributed by atoms with Crippen LogP contribution in [0.5, 0.6) is 0 Å². The summed E-state index contributed by atoms with van der Waals surface area (Å²) < 4.78 is 17.0. The number of hydrogen-bond acceptors (Lipinski definition) is 5. The van der Waals surface area contributed by atoms with E-state index in [1.807, 2.05) is 44.2 Å². The van der Waals surface area contributed by atoms with Crippen LogP contribution in [-0.2, 0) is 25.6 Å². The molecule has 0 aromatic heterocycles. The molecular weight excluding hydrogens is 308 g/mol. The van der Waals surface area contributed by atoms with Crippen LogP contribution in [-0.4, -0.2) is 42.1 Å². The third-order valence-corrected chi connectivity index (χ3v) is 4.50. The van der Waals surface area contributed by atoms with Gasteiger partial charge in [-0.25, -0.2) is 0 Å². The largest absolute Gasteiger partial charge is 0.466 e. The summed E-state index contributed by atoms with van der Waals surface area (Å²) in [6.45, 7) is 6.53. The van der Waals surface area contributed by atoms with Gasteiger partial charge in [0, 0.05) is 12.3 Å². The zero-order valence-corrected chi connectivity index (χ0v) is 14.7. The number of hydrogen-bond donors (Lipinski definition) is 1. The summed E-state index contributed by atoms with van der Waals surface area (Å²) >= 11 is 0. The van der Waals surface area contributed by atoms with Crippen molar-refractivity contribution in [3.05, 3.63) is 35.9 Å². The number of aliphatic hydroxyl groups excluding tert-OH is 1. The van der Waals surface area contributed by atoms with Gasteiger partial charge in [0.15, 0.2) is 0 Å². The highest BCUT2D eigenvalue weighted by molar-refractivity contribution is 5.69. The van der Waals surface area contributed by atoms with Crippen molar-refractivity contribution in [2.45, 2.75) is 64.6 Å². The minimum Gasteiger partial charge on any atom is -0.466 e. The Morgan fingerprint density at radius 3 is 2.75 bits per heavy atom. The summed E-state index contributed by atoms with van der Waals surface area (Å²) in [6.07, 6.45) is -0.660. The summed E-state index contributed by atoms with van der Waals surface area (Å²) in [7, 11) is 0. The van der Waals surface area contributed by atoms with E-state index in [0.29, 0.717) is 19.6 Å². The second kappa shape index (κ2) is 9.16. The molecule has 1 aliphatic rings. The van der Waals surface area contributed by atoms with Gasteiger partial charge in [-0.1, -0.05) is 37.3 Å². The molecule has 1 heterocycles. The Morgan fingerprint density at radius 1 is 1.38 bits per heavy atom. The predicted octanol–water partition coefficient (Wildman–Crippen LogP) is 2.70. The van der Waals surface area contributed by atoms with Crippen molar-refractivity contribution >= 4 is 5.97 Å². The molecule has 1 unspecified atom stereocenters. The average Bonchev–Trinajstić information content (AvgIpc) is 2.57. The lowest BCUT2D eigenvalue weighted by molar-refractivity contribution is -0.185. The summed E-state index contributed by atoms with van der Waals surface area (Å²) in [5.41, 5.74) is 1.09. The molecule has 2 rings (SSSR count). The second-order valence-corrected chi connectivity index (χ2v) is 6.40. The Kier molecular flexibility index (Phi) is 7.21. The van der Waals surface area contributed by atoms with E-state index in [2.05, 4.69) is 0 Å². The SMILES string of the molecule is CCOC(=O)C[C@@H]1C[C@@H](O)[C@H](C)[C@@H](C(C)OCc2ccccc2)O1. The molecule has 0 aliphatic carbocycles. The van der Waals surface area contributed by atoms with Gasteiger partial charge in [0.1, 0.15) is 0 Å². The van der Waals surface area contributed by atoms with E-state index in [1.54, 1.807) is 6.92 Å². The number of benzene rings is 1. The minimum atomic E-state index is -0.508. The number of ether oxygens (including phenoxy) is 3. The normalized spacial score (nSPS) is 28.3. The van der Waals surface area contributed by atoms with Crippen LogP contribution in [0.15, 0.2) is 30.3 Å². The fraction of sp³-hybridized carbons (Fsp3) is 0.632. The van der Waals surface area contributed by atoms with Crippen LogP contribution >= 0.6 is 0 Å². The van der Waals surface area contributed by atoms with Crippen LogP contribution in [0.4, 0.5) is 0 Å². The molecule has 1 fully saturated rings. The van der Waals surface area contributed by atoms with E-state index in [1.165, 1.54) is 0 Å². The highest BCUT2D eigenvalue weighted by Gasteiger charge is 2.39. The molecule has 1 N–H and O–H groups in total. The smallest absolute Gasteiger partial charge is 0.308 e. The topological polar surface area (TPSA) is 65.0 Å². The van der Waals surface area contributed by atoms with E-state index >= 15 is 0 Å². The molecule has 134 valence electrons. The summed E-state index contributed by atoms with van der Waals surface area (Å²) in [5, 5.41) is 10.3. The maximum Gasteiger partial charge on any atom is 0.308 e. The van der Waals surface area contributed by atoms with Crippen LogP contribution in [0.3, 0.4) is 0 Å². The lowest BCUT2D eigenvalue weighted by Gasteiger charge is -2.40. The van der Waals surface area contributed by atoms with E-state index in [-0.39, 0.29) is 36.6 Å². The highest BCUT2D eigenvalue weighted by atomic mass is 16.6. The number of carbonyl (C=O) groups is 1. The van der Waals surface area contributed by atoms with E-state index < -0.39 is 6.10 Å². The van der Waals surface area contributed by atoms with Gasteiger partial charge in [-0.05, 0) is 19.4 Å². The summed E-state index contributed by atoms with van der Waals surface area (Å²) in [4.78, 5) is 11.7. The molecule has 5 atom stereocenters. The maximum absolute atomic E-state index is 11.7. The van der Waals surface area contributed by atoms with Crippen molar-refractivity contribution in [1.29, 1.82) is 0 Å². The molecule has 1 aliphatic heterocycles. The number of rotatable bonds is 7. The van der Waals surface area contributed by atoms with Gasteiger partial charge in [-0.2, -0.15) is 0 Å². The van der Waals surface area contributed by atoms with Crippen LogP contribution in [0.2, 0.25) is 0 Å². The Labute approximate surface area is 143 Å². The van der Waals surface area contributed by atoms with Crippen molar-refractivity contribution in [3.8, 4) is 0 Å². The van der Waals surface area contributed by atoms with Crippen LogP contribution in [0, 0.1) is 5.92 Å². The first-order valence-corrected chi connectivity index (χ1v) is 8.66. The first-order valence-electron chi connectivity index (χ1n) is 8.66. The van der Waals surface area contributed by atoms with Gasteiger partial charge in [-0.3, -0.25) is 4.79 Å². The zero-order valence-electron chi connectivity index (χ0n) is 14.7. The van der Waals surface area contributed by atoms with Crippen molar-refractivity contribution in [3.63, 3.8) is 0 Å². The third kappa shape index (κ3) is 5.30. The van der Waals surface area contributed by atoms with Gasteiger partial charge in [-0.15, -0.1) is 0 Å². The van der Waals surface area contributed by atoms with Gasteiger partial charge in [0.05, 0.1) is 44.1 Å². The van der Waals surface area contributed by atoms with Gasteiger partial charge in [0.2, 0.25) is 0 Å². The first kappa shape index (κ1) is 18.9. The standard InChI is InChI=1S/C19H28O5/c1-4-22-18(21)11-16-10-17(20)13(2)19(24-16)14(3)23-12-15-8-6-5-7-9-15/h5-9,13-14,16-17,19-20H,4,10-12H2,1-3H3/t13-,14?,16-,17+,19-/m0/s1. The summed E-state index contributed by atoms with van der Waals surface area (Å²) in [6, 6.07) is 9.94. The Hall–Kier alpha value is -1.43. The fourth-order valence-electron chi connectivity index (χ4n) is 3.08. The lowest BCUT2D eigenvalue weighted by Crippen LogP contribution is -2.49. The molecule has 5 heteroatoms. The monoisotopic (exact) mass is 336 g/mol. The minimum absolute atomic E-state index is 0.0470. The quantitative estimate of drug-likeness (QED) is 0.776. The van der Waals surface area contributed by atoms with Crippen molar-refractivity contribution in [1.82, 2.24) is 0 Å². The zero-order chi connectivity index (χ0) is 17.5. The van der Waals surface area contributed by atoms with Gasteiger partial charge < -0.3 is 19.3 Å². The van der Waals surface area contributed by atoms with E-state index in [0.717, 1.165) is 5.56 Å². The third-order valence-electron chi connectivity index (χ3n) is 4.50.